The second-order valence-corrected chi connectivity index (χ2v) is 5.79. The molecule has 0 saturated heterocycles. The van der Waals surface area contributed by atoms with Crippen LogP contribution >= 0.6 is 0 Å². The van der Waals surface area contributed by atoms with E-state index in [1.807, 2.05) is 31.2 Å². The molecule has 3 rings (SSSR count). The minimum absolute atomic E-state index is 0.0197. The Kier molecular flexibility index (Phi) is 4.53. The normalized spacial score (nSPS) is 15.3. The number of fused-ring (bicyclic) bond motifs is 1. The Bertz CT molecular complexity index is 799. The van der Waals surface area contributed by atoms with Crippen molar-refractivity contribution in [1.29, 1.82) is 0 Å². The molecule has 2 aromatic rings. The van der Waals surface area contributed by atoms with Gasteiger partial charge in [0.2, 0.25) is 0 Å². The van der Waals surface area contributed by atoms with Crippen molar-refractivity contribution in [2.24, 2.45) is 0 Å². The summed E-state index contributed by atoms with van der Waals surface area (Å²) in [5.41, 5.74) is 9.08. The van der Waals surface area contributed by atoms with E-state index >= 15 is 0 Å². The molecule has 5 nitrogen and oxygen atoms in total. The summed E-state index contributed by atoms with van der Waals surface area (Å²) in [7, 11) is 0. The third-order valence-electron chi connectivity index (χ3n) is 3.83. The van der Waals surface area contributed by atoms with Crippen LogP contribution in [-0.4, -0.2) is 24.2 Å². The second kappa shape index (κ2) is 6.76. The third kappa shape index (κ3) is 3.26. The number of amides is 1. The van der Waals surface area contributed by atoms with Crippen molar-refractivity contribution >= 4 is 23.4 Å². The van der Waals surface area contributed by atoms with Crippen LogP contribution in [0.2, 0.25) is 0 Å². The quantitative estimate of drug-likeness (QED) is 0.670. The highest BCUT2D eigenvalue weighted by atomic mass is 16.5. The maximum atomic E-state index is 12.8. The van der Waals surface area contributed by atoms with Gasteiger partial charge in [-0.05, 0) is 37.1 Å². The van der Waals surface area contributed by atoms with Crippen molar-refractivity contribution in [2.45, 2.75) is 13.3 Å². The first-order valence-electron chi connectivity index (χ1n) is 7.87. The van der Waals surface area contributed by atoms with Gasteiger partial charge in [0.05, 0.1) is 5.69 Å². The number of aliphatic hydroxyl groups excluding tert-OH is 1. The fourth-order valence-corrected chi connectivity index (χ4v) is 2.69. The van der Waals surface area contributed by atoms with E-state index in [0.717, 1.165) is 11.1 Å². The van der Waals surface area contributed by atoms with Crippen LogP contribution in [0.1, 0.15) is 17.5 Å². The van der Waals surface area contributed by atoms with Crippen molar-refractivity contribution < 1.29 is 14.6 Å². The maximum absolute atomic E-state index is 12.8. The molecule has 1 aliphatic rings. The predicted octanol–water partition coefficient (Wildman–Crippen LogP) is 2.73. The number of nitrogen functional groups attached to an aromatic ring is 1. The largest absolute Gasteiger partial charge is 0.449 e. The molecule has 3 N–H and O–H groups in total. The summed E-state index contributed by atoms with van der Waals surface area (Å²) in [5, 5.41) is 9.10. The Hall–Kier alpha value is -2.79. The van der Waals surface area contributed by atoms with Gasteiger partial charge >= 0.3 is 0 Å². The molecule has 0 bridgehead atoms. The lowest BCUT2D eigenvalue weighted by atomic mass is 10.1. The molecular weight excluding hydrogens is 304 g/mol. The molecule has 1 amide bonds. The van der Waals surface area contributed by atoms with Crippen LogP contribution in [0.5, 0.6) is 5.75 Å². The number of hydrogen-bond acceptors (Lipinski definition) is 4. The van der Waals surface area contributed by atoms with Gasteiger partial charge in [0.25, 0.3) is 5.91 Å². The highest BCUT2D eigenvalue weighted by molar-refractivity contribution is 6.10. The highest BCUT2D eigenvalue weighted by Gasteiger charge is 2.30. The van der Waals surface area contributed by atoms with Gasteiger partial charge in [-0.15, -0.1) is 0 Å². The number of carbonyl (C=O) groups excluding carboxylic acids is 1. The molecule has 2 aromatic carbocycles. The zero-order valence-electron chi connectivity index (χ0n) is 13.5. The molecule has 1 aliphatic heterocycles. The summed E-state index contributed by atoms with van der Waals surface area (Å²) in [6, 6.07) is 13.0. The van der Waals surface area contributed by atoms with Gasteiger partial charge in [-0.3, -0.25) is 4.79 Å². The number of hydrogen-bond donors (Lipinski definition) is 2. The first-order valence-corrected chi connectivity index (χ1v) is 7.87. The van der Waals surface area contributed by atoms with Gasteiger partial charge in [-0.25, -0.2) is 0 Å². The Labute approximate surface area is 141 Å². The monoisotopic (exact) mass is 324 g/mol. The Morgan fingerprint density at radius 2 is 2.08 bits per heavy atom. The first-order chi connectivity index (χ1) is 11.6. The summed E-state index contributed by atoms with van der Waals surface area (Å²) < 4.78 is 5.81. The summed E-state index contributed by atoms with van der Waals surface area (Å²) in [6.07, 6.45) is 2.22. The van der Waals surface area contributed by atoms with E-state index in [4.69, 9.17) is 15.6 Å². The fourth-order valence-electron chi connectivity index (χ4n) is 2.69. The minimum Gasteiger partial charge on any atom is -0.449 e. The lowest BCUT2D eigenvalue weighted by Crippen LogP contribution is -2.38. The molecule has 0 spiro atoms. The van der Waals surface area contributed by atoms with E-state index in [2.05, 4.69) is 0 Å². The van der Waals surface area contributed by atoms with Crippen LogP contribution in [0.3, 0.4) is 0 Å². The van der Waals surface area contributed by atoms with Gasteiger partial charge in [0.1, 0.15) is 0 Å². The topological polar surface area (TPSA) is 75.8 Å². The third-order valence-corrected chi connectivity index (χ3v) is 3.83. The van der Waals surface area contributed by atoms with Crippen LogP contribution in [-0.2, 0) is 4.79 Å². The van der Waals surface area contributed by atoms with Crippen molar-refractivity contribution in [1.82, 2.24) is 0 Å². The number of anilines is 2. The lowest BCUT2D eigenvalue weighted by molar-refractivity contribution is -0.117. The zero-order chi connectivity index (χ0) is 17.1. The molecule has 24 heavy (non-hydrogen) atoms. The fraction of sp³-hybridized carbons (Fsp3) is 0.211. The summed E-state index contributed by atoms with van der Waals surface area (Å²) in [4.78, 5) is 14.4. The molecule has 1 heterocycles. The second-order valence-electron chi connectivity index (χ2n) is 5.79. The Morgan fingerprint density at radius 3 is 2.83 bits per heavy atom. The minimum atomic E-state index is -0.220. The van der Waals surface area contributed by atoms with Crippen LogP contribution in [0.25, 0.3) is 6.08 Å². The van der Waals surface area contributed by atoms with E-state index in [0.29, 0.717) is 30.1 Å². The number of nitrogens with two attached hydrogens (primary N) is 1. The number of aliphatic hydroxyl groups is 1. The smallest absolute Gasteiger partial charge is 0.294 e. The van der Waals surface area contributed by atoms with E-state index in [1.165, 1.54) is 0 Å². The van der Waals surface area contributed by atoms with Gasteiger partial charge in [-0.1, -0.05) is 29.8 Å². The van der Waals surface area contributed by atoms with Crippen LogP contribution in [0, 0.1) is 6.92 Å². The number of carbonyl (C=O) groups is 1. The number of benzene rings is 2. The van der Waals surface area contributed by atoms with Gasteiger partial charge < -0.3 is 20.5 Å². The molecule has 0 atom stereocenters. The van der Waals surface area contributed by atoms with E-state index in [-0.39, 0.29) is 18.3 Å². The van der Waals surface area contributed by atoms with Crippen molar-refractivity contribution in [3.05, 3.63) is 59.4 Å². The molecule has 124 valence electrons. The van der Waals surface area contributed by atoms with E-state index in [1.54, 1.807) is 29.2 Å². The van der Waals surface area contributed by atoms with Crippen molar-refractivity contribution in [3.8, 4) is 5.75 Å². The Morgan fingerprint density at radius 1 is 1.25 bits per heavy atom. The summed E-state index contributed by atoms with van der Waals surface area (Å²) in [6.45, 7) is 2.43. The van der Waals surface area contributed by atoms with E-state index in [9.17, 15) is 4.79 Å². The molecule has 5 heteroatoms. The maximum Gasteiger partial charge on any atom is 0.294 e. The summed E-state index contributed by atoms with van der Waals surface area (Å²) >= 11 is 0. The molecule has 0 aromatic heterocycles. The zero-order valence-corrected chi connectivity index (χ0v) is 13.5. The van der Waals surface area contributed by atoms with Crippen LogP contribution < -0.4 is 15.4 Å². The number of aryl methyl sites for hydroxylation is 1. The molecule has 0 radical (unpaired) electrons. The average Bonchev–Trinajstić information content (AvgIpc) is 2.55. The Balaban J connectivity index is 2.01. The standard InChI is InChI=1S/C19H20N2O3/c1-13-4-2-5-14(10-13)11-18-19(23)21(8-3-9-22)16-7-6-15(20)12-17(16)24-18/h2,4-7,10-12,22H,3,8-9,20H2,1H3/b18-11+. The molecular formula is C19H20N2O3. The van der Waals surface area contributed by atoms with Crippen LogP contribution in [0.15, 0.2) is 48.2 Å². The molecule has 0 unspecified atom stereocenters. The van der Waals surface area contributed by atoms with Crippen molar-refractivity contribution in [2.75, 3.05) is 23.8 Å². The highest BCUT2D eigenvalue weighted by Crippen LogP contribution is 2.37. The number of ether oxygens (including phenoxy) is 1. The van der Waals surface area contributed by atoms with Crippen LogP contribution in [0.4, 0.5) is 11.4 Å². The molecule has 0 aliphatic carbocycles. The molecule has 0 fully saturated rings. The number of nitrogens with zero attached hydrogens (tertiary/aromatic N) is 1. The van der Waals surface area contributed by atoms with Gasteiger partial charge in [-0.2, -0.15) is 0 Å². The number of rotatable bonds is 4. The van der Waals surface area contributed by atoms with Crippen molar-refractivity contribution in [3.63, 3.8) is 0 Å². The SMILES string of the molecule is Cc1cccc(/C=C2/Oc3cc(N)ccc3N(CCCO)C2=O)c1. The first kappa shape index (κ1) is 16.1. The lowest BCUT2D eigenvalue weighted by Gasteiger charge is -2.30. The van der Waals surface area contributed by atoms with E-state index < -0.39 is 0 Å². The van der Waals surface area contributed by atoms with Gasteiger partial charge in [0, 0.05) is 24.9 Å². The van der Waals surface area contributed by atoms with Gasteiger partial charge in [0.15, 0.2) is 11.5 Å². The molecule has 0 saturated carbocycles. The summed E-state index contributed by atoms with van der Waals surface area (Å²) in [5.74, 6) is 0.574. The predicted molar refractivity (Wildman–Crippen MR) is 94.7 cm³/mol. The average molecular weight is 324 g/mol.